The Labute approximate surface area is 672 Å². The lowest BCUT2D eigenvalue weighted by atomic mass is 9.96. The minimum atomic E-state index is -1.97. The summed E-state index contributed by atoms with van der Waals surface area (Å²) in [4.78, 5) is 13.6. The molecule has 0 saturated carbocycles. The third kappa shape index (κ3) is 49.9. The summed E-state index contributed by atoms with van der Waals surface area (Å²) < 4.78 is 34.6. The van der Waals surface area contributed by atoms with Crippen LogP contribution in [0.1, 0.15) is 444 Å². The Morgan fingerprint density at radius 2 is 0.518 bits per heavy atom. The fraction of sp³-hybridized carbons (Fsp3) is 0.989. The van der Waals surface area contributed by atoms with Crippen molar-refractivity contribution in [3.8, 4) is 0 Å². The van der Waals surface area contributed by atoms with Crippen LogP contribution in [0.25, 0.3) is 0 Å². The number of hydrogen-bond acceptors (Lipinski definition) is 18. The lowest BCUT2D eigenvalue weighted by Crippen LogP contribution is -2.66. The van der Waals surface area contributed by atoms with Crippen molar-refractivity contribution < 1.29 is 89.4 Å². The number of aliphatic hydroxyl groups excluding tert-OH is 11. The van der Waals surface area contributed by atoms with Gasteiger partial charge in [0, 0.05) is 6.42 Å². The van der Waals surface area contributed by atoms with Crippen molar-refractivity contribution in [2.45, 2.75) is 548 Å². The first-order valence-electron chi connectivity index (χ1n) is 47.3. The molecule has 3 aliphatic heterocycles. The Morgan fingerprint density at radius 3 is 0.791 bits per heavy atom. The zero-order valence-electron chi connectivity index (χ0n) is 70.8. The van der Waals surface area contributed by atoms with E-state index in [2.05, 4.69) is 19.2 Å². The number of hydrogen-bond donors (Lipinski definition) is 12. The summed E-state index contributed by atoms with van der Waals surface area (Å²) in [5.74, 6) is -0.230. The first kappa shape index (κ1) is 103. The number of amides is 1. The number of unbranched alkanes of at least 4 members (excludes halogenated alkanes) is 63. The zero-order valence-corrected chi connectivity index (χ0v) is 70.8. The Hall–Kier alpha value is -1.21. The molecule has 19 heteroatoms. The largest absolute Gasteiger partial charge is 0.394 e. The van der Waals surface area contributed by atoms with Gasteiger partial charge in [-0.2, -0.15) is 0 Å². The van der Waals surface area contributed by atoms with Gasteiger partial charge >= 0.3 is 0 Å². The van der Waals surface area contributed by atoms with Gasteiger partial charge in [-0.3, -0.25) is 4.79 Å². The molecule has 3 heterocycles. The maximum Gasteiger partial charge on any atom is 0.220 e. The normalized spacial score (nSPS) is 25.0. The second-order valence-electron chi connectivity index (χ2n) is 34.2. The van der Waals surface area contributed by atoms with Crippen molar-refractivity contribution in [1.29, 1.82) is 0 Å². The number of carbonyl (C=O) groups is 1. The van der Waals surface area contributed by atoms with Gasteiger partial charge in [0.1, 0.15) is 73.2 Å². The molecular formula is C91H177NO18. The molecule has 17 atom stereocenters. The molecule has 0 bridgehead atoms. The lowest BCUT2D eigenvalue weighted by molar-refractivity contribution is -0.379. The van der Waals surface area contributed by atoms with Crippen LogP contribution in [-0.4, -0.2) is 193 Å². The standard InChI is InChI=1S/C91H177NO18/c1-3-5-7-9-11-13-15-17-19-21-23-25-27-29-31-33-35-36-37-38-39-41-43-45-47-49-51-53-55-57-59-61-63-65-67-69-79(97)92-74(75(96)68-66-64-62-60-58-56-54-52-50-48-46-44-42-40-34-32-30-28-26-24-22-20-18-16-14-12-10-8-6-4-2)73-105-89-85(103)82(100)87(77(71-94)107-89)110-91-86(104)83(101)88(78(72-95)108-91)109-90-84(102)81(99)80(98)76(70-93)106-90/h74-78,80-91,93-96,98-104H,3-73H2,1-2H3,(H,92,97). The summed E-state index contributed by atoms with van der Waals surface area (Å²) >= 11 is 0. The predicted molar refractivity (Wildman–Crippen MR) is 444 cm³/mol. The molecule has 1 amide bonds. The van der Waals surface area contributed by atoms with Crippen molar-refractivity contribution >= 4 is 5.91 Å². The molecule has 0 aromatic heterocycles. The summed E-state index contributed by atoms with van der Waals surface area (Å²) in [6.07, 6.45) is 60.9. The molecule has 12 N–H and O–H groups in total. The predicted octanol–water partition coefficient (Wildman–Crippen LogP) is 18.5. The fourth-order valence-corrected chi connectivity index (χ4v) is 16.7. The van der Waals surface area contributed by atoms with E-state index in [1.807, 2.05) is 0 Å². The number of nitrogens with one attached hydrogen (secondary N) is 1. The summed E-state index contributed by atoms with van der Waals surface area (Å²) in [7, 11) is 0. The summed E-state index contributed by atoms with van der Waals surface area (Å²) in [6.45, 7) is 1.90. The summed E-state index contributed by atoms with van der Waals surface area (Å²) in [6, 6.07) is -0.885. The van der Waals surface area contributed by atoms with Gasteiger partial charge in [0.2, 0.25) is 5.91 Å². The van der Waals surface area contributed by atoms with E-state index in [9.17, 15) is 61.0 Å². The van der Waals surface area contributed by atoms with Crippen LogP contribution in [0, 0.1) is 0 Å². The van der Waals surface area contributed by atoms with Crippen LogP contribution in [0.5, 0.6) is 0 Å². The van der Waals surface area contributed by atoms with Gasteiger partial charge < -0.3 is 89.9 Å². The number of ether oxygens (including phenoxy) is 6. The van der Waals surface area contributed by atoms with Crippen molar-refractivity contribution in [2.24, 2.45) is 0 Å². The second-order valence-corrected chi connectivity index (χ2v) is 34.2. The fourth-order valence-electron chi connectivity index (χ4n) is 16.7. The molecule has 19 nitrogen and oxygen atoms in total. The summed E-state index contributed by atoms with van der Waals surface area (Å²) in [5.41, 5.74) is 0. The van der Waals surface area contributed by atoms with E-state index in [0.717, 1.165) is 44.9 Å². The van der Waals surface area contributed by atoms with E-state index < -0.39 is 124 Å². The highest BCUT2D eigenvalue weighted by Crippen LogP contribution is 2.34. The molecule has 654 valence electrons. The highest BCUT2D eigenvalue weighted by Gasteiger charge is 2.54. The molecule has 0 radical (unpaired) electrons. The Kier molecular flexibility index (Phi) is 67.3. The number of carbonyl (C=O) groups excluding carboxylic acids is 1. The molecule has 3 saturated heterocycles. The molecule has 3 rings (SSSR count). The van der Waals surface area contributed by atoms with Gasteiger partial charge in [0.15, 0.2) is 18.9 Å². The monoisotopic (exact) mass is 1570 g/mol. The van der Waals surface area contributed by atoms with Crippen LogP contribution in [0.4, 0.5) is 0 Å². The molecule has 0 spiro atoms. The van der Waals surface area contributed by atoms with E-state index in [0.29, 0.717) is 12.8 Å². The first-order chi connectivity index (χ1) is 53.8. The first-order valence-corrected chi connectivity index (χ1v) is 47.3. The topological polar surface area (TPSA) is 307 Å². The van der Waals surface area contributed by atoms with Gasteiger partial charge in [0.05, 0.1) is 38.6 Å². The van der Waals surface area contributed by atoms with Crippen LogP contribution in [0.15, 0.2) is 0 Å². The third-order valence-corrected chi connectivity index (χ3v) is 24.2. The molecule has 110 heavy (non-hydrogen) atoms. The Morgan fingerprint density at radius 1 is 0.291 bits per heavy atom. The molecule has 0 aromatic rings. The minimum Gasteiger partial charge on any atom is -0.394 e. The van der Waals surface area contributed by atoms with Gasteiger partial charge in [-0.25, -0.2) is 0 Å². The van der Waals surface area contributed by atoms with Crippen LogP contribution in [-0.2, 0) is 33.2 Å². The molecular weight excluding hydrogens is 1390 g/mol. The number of rotatable bonds is 79. The van der Waals surface area contributed by atoms with Crippen LogP contribution < -0.4 is 5.32 Å². The third-order valence-electron chi connectivity index (χ3n) is 24.2. The highest BCUT2D eigenvalue weighted by atomic mass is 16.8. The van der Waals surface area contributed by atoms with Crippen LogP contribution >= 0.6 is 0 Å². The van der Waals surface area contributed by atoms with E-state index in [-0.39, 0.29) is 18.9 Å². The van der Waals surface area contributed by atoms with Gasteiger partial charge in [-0.05, 0) is 12.8 Å². The van der Waals surface area contributed by atoms with Crippen molar-refractivity contribution in [3.05, 3.63) is 0 Å². The average Bonchev–Trinajstić information content (AvgIpc) is 0.795. The highest BCUT2D eigenvalue weighted by molar-refractivity contribution is 5.76. The molecule has 3 fully saturated rings. The van der Waals surface area contributed by atoms with Crippen molar-refractivity contribution in [1.82, 2.24) is 5.32 Å². The van der Waals surface area contributed by atoms with Crippen molar-refractivity contribution in [2.75, 3.05) is 26.4 Å². The Balaban J connectivity index is 1.30. The average molecular weight is 1570 g/mol. The molecule has 3 aliphatic rings. The van der Waals surface area contributed by atoms with Gasteiger partial charge in [0.25, 0.3) is 0 Å². The lowest BCUT2D eigenvalue weighted by Gasteiger charge is -2.48. The van der Waals surface area contributed by atoms with E-state index in [1.165, 1.54) is 366 Å². The molecule has 17 unspecified atom stereocenters. The minimum absolute atomic E-state index is 0.230. The quantitative estimate of drug-likeness (QED) is 0.0252. The van der Waals surface area contributed by atoms with Crippen LogP contribution in [0.3, 0.4) is 0 Å². The van der Waals surface area contributed by atoms with Gasteiger partial charge in [-0.1, -0.05) is 425 Å². The smallest absolute Gasteiger partial charge is 0.220 e. The van der Waals surface area contributed by atoms with Crippen molar-refractivity contribution in [3.63, 3.8) is 0 Å². The summed E-state index contributed by atoms with van der Waals surface area (Å²) in [5, 5.41) is 121. The SMILES string of the molecule is CCCCCCCCCCCCCCCCCCCCCCCCCCCCCCCCCCCCCC(=O)NC(COC1OC(CO)C(OC2OC(CO)C(OC3OC(CO)C(O)C(O)C3O)C(O)C2O)C(O)C1O)C(O)CCCCCCCCCCCCCCCCCCCCCCCCCCCCCCCC. The van der Waals surface area contributed by atoms with E-state index >= 15 is 0 Å². The zero-order chi connectivity index (χ0) is 79.5. The maximum atomic E-state index is 13.6. The molecule has 0 aliphatic carbocycles. The number of aliphatic hydroxyl groups is 11. The molecule has 0 aromatic carbocycles. The van der Waals surface area contributed by atoms with Crippen LogP contribution in [0.2, 0.25) is 0 Å². The van der Waals surface area contributed by atoms with E-state index in [4.69, 9.17) is 28.4 Å². The maximum absolute atomic E-state index is 13.6. The second kappa shape index (κ2) is 71.9. The Bertz CT molecular complexity index is 1980. The van der Waals surface area contributed by atoms with Gasteiger partial charge in [-0.15, -0.1) is 0 Å². The van der Waals surface area contributed by atoms with E-state index in [1.54, 1.807) is 0 Å².